The van der Waals surface area contributed by atoms with Crippen LogP contribution in [0.3, 0.4) is 0 Å². The van der Waals surface area contributed by atoms with Crippen LogP contribution in [0.25, 0.3) is 0 Å². The summed E-state index contributed by atoms with van der Waals surface area (Å²) in [6.45, 7) is 0.675. The minimum absolute atomic E-state index is 0.242. The molecule has 6 heteroatoms. The van der Waals surface area contributed by atoms with Crippen LogP contribution in [0, 0.1) is 11.3 Å². The van der Waals surface area contributed by atoms with Crippen molar-refractivity contribution in [2.45, 2.75) is 6.54 Å². The third-order valence-electron chi connectivity index (χ3n) is 2.62. The lowest BCUT2D eigenvalue weighted by Crippen LogP contribution is -2.24. The molecule has 0 aliphatic heterocycles. The molecule has 3 N–H and O–H groups in total. The molecular formula is C14H14N4OS. The molecule has 0 saturated heterocycles. The minimum Gasteiger partial charge on any atom is -0.380 e. The second-order valence-electron chi connectivity index (χ2n) is 4.05. The highest BCUT2D eigenvalue weighted by atomic mass is 32.1. The normalized spacial score (nSPS) is 9.60. The van der Waals surface area contributed by atoms with E-state index in [4.69, 9.17) is 5.26 Å². The smallest absolute Gasteiger partial charge is 0.318 e. The molecule has 2 amide bonds. The Balaban J connectivity index is 1.90. The SMILES string of the molecule is CNC(=O)Nc1ccc(NCc2cc(C#N)cs2)cc1. The molecule has 1 aromatic carbocycles. The fourth-order valence-electron chi connectivity index (χ4n) is 1.59. The van der Waals surface area contributed by atoms with Gasteiger partial charge in [-0.1, -0.05) is 0 Å². The zero-order chi connectivity index (χ0) is 14.4. The number of carbonyl (C=O) groups excluding carboxylic acids is 1. The number of anilines is 2. The average Bonchev–Trinajstić information content (AvgIpc) is 2.94. The van der Waals surface area contributed by atoms with Crippen LogP contribution in [-0.4, -0.2) is 13.1 Å². The highest BCUT2D eigenvalue weighted by molar-refractivity contribution is 7.10. The number of urea groups is 1. The summed E-state index contributed by atoms with van der Waals surface area (Å²) in [6, 6.07) is 11.2. The van der Waals surface area contributed by atoms with Gasteiger partial charge < -0.3 is 16.0 Å². The van der Waals surface area contributed by atoms with Gasteiger partial charge in [-0.25, -0.2) is 4.79 Å². The van der Waals surface area contributed by atoms with Gasteiger partial charge in [0.05, 0.1) is 5.56 Å². The number of carbonyl (C=O) groups is 1. The summed E-state index contributed by atoms with van der Waals surface area (Å²) in [5, 5.41) is 19.0. The van der Waals surface area contributed by atoms with Gasteiger partial charge in [0, 0.05) is 35.2 Å². The van der Waals surface area contributed by atoms with Gasteiger partial charge in [-0.3, -0.25) is 0 Å². The summed E-state index contributed by atoms with van der Waals surface area (Å²) in [4.78, 5) is 12.3. The number of hydrogen-bond acceptors (Lipinski definition) is 4. The lowest BCUT2D eigenvalue weighted by molar-refractivity contribution is 0.254. The molecule has 1 heterocycles. The Morgan fingerprint density at radius 2 is 2.00 bits per heavy atom. The summed E-state index contributed by atoms with van der Waals surface area (Å²) in [6.07, 6.45) is 0. The predicted octanol–water partition coefficient (Wildman–Crippen LogP) is 2.98. The maximum Gasteiger partial charge on any atom is 0.318 e. The monoisotopic (exact) mass is 286 g/mol. The van der Waals surface area contributed by atoms with E-state index in [0.29, 0.717) is 12.1 Å². The summed E-state index contributed by atoms with van der Waals surface area (Å²) < 4.78 is 0. The summed E-state index contributed by atoms with van der Waals surface area (Å²) >= 11 is 1.56. The number of nitrogens with zero attached hydrogens (tertiary/aromatic N) is 1. The number of nitriles is 1. The number of benzene rings is 1. The summed E-state index contributed by atoms with van der Waals surface area (Å²) in [5.74, 6) is 0. The van der Waals surface area contributed by atoms with Crippen molar-refractivity contribution >= 4 is 28.7 Å². The van der Waals surface area contributed by atoms with Crippen molar-refractivity contribution in [3.8, 4) is 6.07 Å². The van der Waals surface area contributed by atoms with Gasteiger partial charge >= 0.3 is 6.03 Å². The van der Waals surface area contributed by atoms with Crippen molar-refractivity contribution in [3.05, 3.63) is 46.2 Å². The van der Waals surface area contributed by atoms with Crippen LogP contribution in [0.1, 0.15) is 10.4 Å². The number of rotatable bonds is 4. The molecule has 2 rings (SSSR count). The van der Waals surface area contributed by atoms with Gasteiger partial charge in [0.15, 0.2) is 0 Å². The van der Waals surface area contributed by atoms with Gasteiger partial charge in [-0.15, -0.1) is 11.3 Å². The Morgan fingerprint density at radius 1 is 1.30 bits per heavy atom. The Kier molecular flexibility index (Phi) is 4.58. The van der Waals surface area contributed by atoms with E-state index in [9.17, 15) is 4.79 Å². The molecule has 0 aliphatic rings. The second-order valence-corrected chi connectivity index (χ2v) is 5.04. The van der Waals surface area contributed by atoms with Crippen molar-refractivity contribution < 1.29 is 4.79 Å². The number of hydrogen-bond donors (Lipinski definition) is 3. The first-order chi connectivity index (χ1) is 9.71. The fraction of sp³-hybridized carbons (Fsp3) is 0.143. The molecule has 102 valence electrons. The van der Waals surface area contributed by atoms with E-state index in [1.165, 1.54) is 0 Å². The van der Waals surface area contributed by atoms with E-state index in [1.54, 1.807) is 18.4 Å². The van der Waals surface area contributed by atoms with Crippen LogP contribution in [0.5, 0.6) is 0 Å². The quantitative estimate of drug-likeness (QED) is 0.808. The molecule has 0 bridgehead atoms. The summed E-state index contributed by atoms with van der Waals surface area (Å²) in [5.41, 5.74) is 2.38. The molecule has 1 aromatic heterocycles. The zero-order valence-corrected chi connectivity index (χ0v) is 11.8. The third-order valence-corrected chi connectivity index (χ3v) is 3.56. The Labute approximate surface area is 121 Å². The van der Waals surface area contributed by atoms with Crippen molar-refractivity contribution in [3.63, 3.8) is 0 Å². The highest BCUT2D eigenvalue weighted by Gasteiger charge is 2.01. The summed E-state index contributed by atoms with van der Waals surface area (Å²) in [7, 11) is 1.57. The number of thiophene rings is 1. The minimum atomic E-state index is -0.242. The Morgan fingerprint density at radius 3 is 2.60 bits per heavy atom. The Hall–Kier alpha value is -2.52. The predicted molar refractivity (Wildman–Crippen MR) is 80.9 cm³/mol. The molecule has 0 unspecified atom stereocenters. The standard InChI is InChI=1S/C14H14N4OS/c1-16-14(19)18-12-4-2-11(3-5-12)17-8-13-6-10(7-15)9-20-13/h2-6,9,17H,8H2,1H3,(H2,16,18,19). The maximum absolute atomic E-state index is 11.1. The molecule has 0 aliphatic carbocycles. The second kappa shape index (κ2) is 6.59. The van der Waals surface area contributed by atoms with Crippen molar-refractivity contribution in [1.82, 2.24) is 5.32 Å². The molecule has 20 heavy (non-hydrogen) atoms. The van der Waals surface area contributed by atoms with Gasteiger partial charge in [-0.2, -0.15) is 5.26 Å². The number of amides is 2. The molecule has 0 spiro atoms. The van der Waals surface area contributed by atoms with E-state index >= 15 is 0 Å². The topological polar surface area (TPSA) is 77.0 Å². The van der Waals surface area contributed by atoms with Crippen LogP contribution in [-0.2, 0) is 6.54 Å². The van der Waals surface area contributed by atoms with Gasteiger partial charge in [0.1, 0.15) is 6.07 Å². The largest absolute Gasteiger partial charge is 0.380 e. The van der Waals surface area contributed by atoms with Crippen molar-refractivity contribution in [2.75, 3.05) is 17.7 Å². The number of nitrogens with one attached hydrogen (secondary N) is 3. The van der Waals surface area contributed by atoms with Crippen molar-refractivity contribution in [1.29, 1.82) is 5.26 Å². The van der Waals surface area contributed by atoms with Crippen LogP contribution in [0.15, 0.2) is 35.7 Å². The first-order valence-electron chi connectivity index (χ1n) is 6.01. The van der Waals surface area contributed by atoms with E-state index < -0.39 is 0 Å². The van der Waals surface area contributed by atoms with Crippen LogP contribution in [0.4, 0.5) is 16.2 Å². The maximum atomic E-state index is 11.1. The zero-order valence-electron chi connectivity index (χ0n) is 10.9. The van der Waals surface area contributed by atoms with E-state index in [1.807, 2.05) is 35.7 Å². The van der Waals surface area contributed by atoms with Gasteiger partial charge in [-0.05, 0) is 30.3 Å². The molecule has 0 radical (unpaired) electrons. The van der Waals surface area contributed by atoms with Gasteiger partial charge in [0.25, 0.3) is 0 Å². The van der Waals surface area contributed by atoms with Crippen LogP contribution >= 0.6 is 11.3 Å². The third kappa shape index (κ3) is 3.73. The molecule has 0 fully saturated rings. The molecule has 5 nitrogen and oxygen atoms in total. The molecule has 0 saturated carbocycles. The fourth-order valence-corrected chi connectivity index (χ4v) is 2.34. The molecular weight excluding hydrogens is 272 g/mol. The molecule has 0 atom stereocenters. The molecule has 2 aromatic rings. The van der Waals surface area contributed by atoms with Crippen LogP contribution in [0.2, 0.25) is 0 Å². The Bertz CT molecular complexity index is 627. The first-order valence-corrected chi connectivity index (χ1v) is 6.89. The highest BCUT2D eigenvalue weighted by Crippen LogP contribution is 2.17. The van der Waals surface area contributed by atoms with Crippen LogP contribution < -0.4 is 16.0 Å². The first kappa shape index (κ1) is 13.9. The van der Waals surface area contributed by atoms with Crippen molar-refractivity contribution in [2.24, 2.45) is 0 Å². The lowest BCUT2D eigenvalue weighted by atomic mass is 10.2. The van der Waals surface area contributed by atoms with E-state index in [2.05, 4.69) is 22.0 Å². The van der Waals surface area contributed by atoms with E-state index in [0.717, 1.165) is 16.3 Å². The van der Waals surface area contributed by atoms with Gasteiger partial charge in [0.2, 0.25) is 0 Å². The average molecular weight is 286 g/mol. The van der Waals surface area contributed by atoms with E-state index in [-0.39, 0.29) is 6.03 Å². The lowest BCUT2D eigenvalue weighted by Gasteiger charge is -2.07.